The Kier molecular flexibility index (Phi) is 8.58. The van der Waals surface area contributed by atoms with Gasteiger partial charge in [-0.3, -0.25) is 23.6 Å². The smallest absolute Gasteiger partial charge is 0.493 e. The normalized spacial score (nSPS) is 17.3. The fraction of sp³-hybridized carbons (Fsp3) is 0.462. The molecule has 4 rings (SSSR count). The van der Waals surface area contributed by atoms with Crippen LogP contribution in [0.1, 0.15) is 24.2 Å². The summed E-state index contributed by atoms with van der Waals surface area (Å²) in [5.74, 6) is -3.17. The van der Waals surface area contributed by atoms with Crippen LogP contribution in [0.15, 0.2) is 45.5 Å². The molecule has 0 aliphatic carbocycles. The van der Waals surface area contributed by atoms with E-state index in [0.717, 1.165) is 10.1 Å². The first-order valence-electron chi connectivity index (χ1n) is 12.8. The number of para-hydroxylation sites is 1. The molecule has 222 valence electrons. The van der Waals surface area contributed by atoms with E-state index in [1.807, 2.05) is 13.8 Å². The predicted octanol–water partition coefficient (Wildman–Crippen LogP) is 1.24. The number of benzene rings is 1. The van der Waals surface area contributed by atoms with E-state index in [-0.39, 0.29) is 29.4 Å². The van der Waals surface area contributed by atoms with Gasteiger partial charge in [0.1, 0.15) is 5.75 Å². The number of carbonyl (C=O) groups is 2. The van der Waals surface area contributed by atoms with Gasteiger partial charge in [-0.15, -0.1) is 5.06 Å². The molecule has 1 atom stereocenters. The lowest BCUT2D eigenvalue weighted by molar-refractivity contribution is -0.203. The maximum atomic E-state index is 14.0. The molecule has 41 heavy (non-hydrogen) atoms. The van der Waals surface area contributed by atoms with Gasteiger partial charge in [0, 0.05) is 39.8 Å². The molecule has 0 bridgehead atoms. The van der Waals surface area contributed by atoms with Crippen LogP contribution in [0.2, 0.25) is 0 Å². The highest BCUT2D eigenvalue weighted by Gasteiger charge is 2.50. The van der Waals surface area contributed by atoms with Crippen LogP contribution in [0.25, 0.3) is 0 Å². The number of rotatable bonds is 8. The summed E-state index contributed by atoms with van der Waals surface area (Å²) in [5, 5.41) is 3.82. The SMILES string of the molecule is COc1ccccc1C(=O)Cn1c(=O)c2c(n(C)c1=O)N(OC(=O)C(F)(F)F)C(N1CCNCC1)N2CC=C(C)C. The van der Waals surface area contributed by atoms with Crippen molar-refractivity contribution in [3.05, 3.63) is 62.3 Å². The summed E-state index contributed by atoms with van der Waals surface area (Å²) < 4.78 is 46.9. The van der Waals surface area contributed by atoms with E-state index in [1.54, 1.807) is 29.2 Å². The molecule has 0 amide bonds. The Balaban J connectivity index is 1.90. The number of aromatic nitrogens is 2. The highest BCUT2D eigenvalue weighted by molar-refractivity contribution is 5.98. The lowest BCUT2D eigenvalue weighted by Gasteiger charge is -2.40. The molecule has 1 fully saturated rings. The molecule has 2 aliphatic heterocycles. The monoisotopic (exact) mass is 580 g/mol. The van der Waals surface area contributed by atoms with Crippen LogP contribution >= 0.6 is 0 Å². The molecular formula is C26H31F3N6O6. The molecule has 2 aliphatic rings. The average molecular weight is 581 g/mol. The molecular weight excluding hydrogens is 549 g/mol. The van der Waals surface area contributed by atoms with E-state index in [1.165, 1.54) is 25.1 Å². The zero-order valence-corrected chi connectivity index (χ0v) is 23.0. The van der Waals surface area contributed by atoms with Crippen molar-refractivity contribution in [2.75, 3.05) is 49.8 Å². The van der Waals surface area contributed by atoms with Crippen LogP contribution in [-0.4, -0.2) is 78.1 Å². The van der Waals surface area contributed by atoms with Crippen molar-refractivity contribution >= 4 is 23.3 Å². The number of halogens is 3. The first-order chi connectivity index (χ1) is 19.4. The minimum Gasteiger partial charge on any atom is -0.496 e. The van der Waals surface area contributed by atoms with E-state index in [2.05, 4.69) is 5.32 Å². The summed E-state index contributed by atoms with van der Waals surface area (Å²) >= 11 is 0. The number of fused-ring (bicyclic) bond motifs is 1. The maximum Gasteiger partial charge on any atom is 0.493 e. The van der Waals surface area contributed by atoms with Crippen LogP contribution in [0.3, 0.4) is 0 Å². The van der Waals surface area contributed by atoms with Crippen molar-refractivity contribution in [2.24, 2.45) is 7.05 Å². The van der Waals surface area contributed by atoms with Gasteiger partial charge >= 0.3 is 17.8 Å². The molecule has 2 aromatic rings. The largest absolute Gasteiger partial charge is 0.496 e. The molecule has 0 radical (unpaired) electrons. The second kappa shape index (κ2) is 11.8. The van der Waals surface area contributed by atoms with Crippen molar-refractivity contribution in [3.8, 4) is 5.75 Å². The maximum absolute atomic E-state index is 14.0. The van der Waals surface area contributed by atoms with Crippen molar-refractivity contribution < 1.29 is 32.3 Å². The molecule has 1 saturated heterocycles. The van der Waals surface area contributed by atoms with Crippen LogP contribution in [0, 0.1) is 0 Å². The third-order valence-corrected chi connectivity index (χ3v) is 6.78. The number of alkyl halides is 3. The minimum absolute atomic E-state index is 0.0396. The third kappa shape index (κ3) is 5.86. The molecule has 1 N–H and O–H groups in total. The van der Waals surface area contributed by atoms with Gasteiger partial charge in [-0.1, -0.05) is 23.8 Å². The summed E-state index contributed by atoms with van der Waals surface area (Å²) in [5.41, 5.74) is -1.08. The fourth-order valence-corrected chi connectivity index (χ4v) is 4.80. The molecule has 12 nitrogen and oxygen atoms in total. The number of allylic oxidation sites excluding steroid dienone is 1. The Morgan fingerprint density at radius 1 is 1.12 bits per heavy atom. The van der Waals surface area contributed by atoms with Crippen molar-refractivity contribution in [3.63, 3.8) is 0 Å². The zero-order valence-electron chi connectivity index (χ0n) is 23.0. The number of hydroxylamine groups is 1. The van der Waals surface area contributed by atoms with E-state index in [4.69, 9.17) is 9.57 Å². The number of methoxy groups -OCH3 is 1. The number of ketones is 1. The van der Waals surface area contributed by atoms with Gasteiger partial charge in [-0.2, -0.15) is 13.2 Å². The van der Waals surface area contributed by atoms with E-state index in [0.29, 0.717) is 35.8 Å². The van der Waals surface area contributed by atoms with E-state index in [9.17, 15) is 32.3 Å². The van der Waals surface area contributed by atoms with Crippen LogP contribution in [-0.2, 0) is 23.2 Å². The third-order valence-electron chi connectivity index (χ3n) is 6.78. The molecule has 1 aromatic heterocycles. The van der Waals surface area contributed by atoms with Gasteiger partial charge in [0.05, 0.1) is 19.2 Å². The first-order valence-corrected chi connectivity index (χ1v) is 12.8. The van der Waals surface area contributed by atoms with Gasteiger partial charge in [0.2, 0.25) is 0 Å². The highest BCUT2D eigenvalue weighted by atomic mass is 19.4. The summed E-state index contributed by atoms with van der Waals surface area (Å²) in [4.78, 5) is 60.8. The standard InChI is InChI=1S/C26H31F3N6O6/c1-16(2)9-12-33-20-21(35(41-23(38)26(27,28)29)24(33)32-13-10-30-11-14-32)31(3)25(39)34(22(20)37)15-18(36)17-7-5-6-8-19(17)40-4/h5-9,24,30H,10-15H2,1-4H3. The average Bonchev–Trinajstić information content (AvgIpc) is 3.26. The van der Waals surface area contributed by atoms with Gasteiger partial charge in [-0.05, 0) is 26.0 Å². The van der Waals surface area contributed by atoms with Gasteiger partial charge in [-0.25, -0.2) is 9.59 Å². The predicted molar refractivity (Wildman–Crippen MR) is 143 cm³/mol. The minimum atomic E-state index is -5.34. The quantitative estimate of drug-likeness (QED) is 0.361. The van der Waals surface area contributed by atoms with E-state index < -0.39 is 42.0 Å². The Bertz CT molecular complexity index is 1470. The van der Waals surface area contributed by atoms with E-state index >= 15 is 0 Å². The van der Waals surface area contributed by atoms with Gasteiger partial charge in [0.25, 0.3) is 5.56 Å². The number of carbonyl (C=O) groups excluding carboxylic acids is 2. The first kappa shape index (κ1) is 29.9. The van der Waals surface area contributed by atoms with Crippen molar-refractivity contribution in [1.29, 1.82) is 0 Å². The summed E-state index contributed by atoms with van der Waals surface area (Å²) in [6.45, 7) is 4.67. The number of hydrogen-bond acceptors (Lipinski definition) is 10. The van der Waals surface area contributed by atoms with Gasteiger partial charge < -0.3 is 19.8 Å². The lowest BCUT2D eigenvalue weighted by Crippen LogP contribution is -2.61. The Hall–Kier alpha value is -4.11. The van der Waals surface area contributed by atoms with Crippen LogP contribution < -0.4 is 31.3 Å². The molecule has 0 spiro atoms. The molecule has 1 unspecified atom stereocenters. The number of ether oxygens (including phenoxy) is 1. The van der Waals surface area contributed by atoms with Crippen molar-refractivity contribution in [1.82, 2.24) is 19.4 Å². The number of nitrogens with zero attached hydrogens (tertiary/aromatic N) is 5. The van der Waals surface area contributed by atoms with Crippen LogP contribution in [0.5, 0.6) is 5.75 Å². The summed E-state index contributed by atoms with van der Waals surface area (Å²) in [6, 6.07) is 6.31. The topological polar surface area (TPSA) is 118 Å². The highest BCUT2D eigenvalue weighted by Crippen LogP contribution is 2.38. The fourth-order valence-electron chi connectivity index (χ4n) is 4.80. The second-order valence-corrected chi connectivity index (χ2v) is 9.80. The molecule has 15 heteroatoms. The Morgan fingerprint density at radius 3 is 2.39 bits per heavy atom. The summed E-state index contributed by atoms with van der Waals surface area (Å²) in [7, 11) is 2.61. The number of nitrogens with one attached hydrogen (secondary N) is 1. The Labute approximate surface area is 233 Å². The summed E-state index contributed by atoms with van der Waals surface area (Å²) in [6.07, 6.45) is -4.76. The molecule has 0 saturated carbocycles. The number of hydrogen-bond donors (Lipinski definition) is 1. The van der Waals surface area contributed by atoms with Crippen molar-refractivity contribution in [2.45, 2.75) is 32.9 Å². The number of piperazine rings is 1. The lowest BCUT2D eigenvalue weighted by atomic mass is 10.1. The van der Waals surface area contributed by atoms with Gasteiger partial charge in [0.15, 0.2) is 23.6 Å². The Morgan fingerprint density at radius 2 is 1.78 bits per heavy atom. The zero-order chi connectivity index (χ0) is 30.1. The number of Topliss-reactive ketones (excluding diaryl/α,β-unsaturated/α-hetero) is 1. The van der Waals surface area contributed by atoms with Crippen LogP contribution in [0.4, 0.5) is 24.7 Å². The number of anilines is 2. The molecule has 1 aromatic carbocycles. The molecule has 3 heterocycles. The second-order valence-electron chi connectivity index (χ2n) is 9.80.